The Bertz CT molecular complexity index is 983. The molecule has 26 heavy (non-hydrogen) atoms. The molecule has 6 heteroatoms. The Morgan fingerprint density at radius 1 is 1.31 bits per heavy atom. The fourth-order valence-electron chi connectivity index (χ4n) is 2.57. The highest BCUT2D eigenvalue weighted by Crippen LogP contribution is 2.38. The van der Waals surface area contributed by atoms with E-state index in [4.69, 9.17) is 21.1 Å². The number of ether oxygens (including phenoxy) is 2. The summed E-state index contributed by atoms with van der Waals surface area (Å²) in [4.78, 5) is 7.62. The van der Waals surface area contributed by atoms with Gasteiger partial charge in [0, 0.05) is 0 Å². The maximum Gasteiger partial charge on any atom is 0.180 e. The summed E-state index contributed by atoms with van der Waals surface area (Å²) in [5.41, 5.74) is 2.80. The molecule has 1 N–H and O–H groups in total. The second-order valence-corrected chi connectivity index (χ2v) is 6.38. The van der Waals surface area contributed by atoms with Gasteiger partial charge in [0.1, 0.15) is 11.9 Å². The lowest BCUT2D eigenvalue weighted by molar-refractivity contribution is 0.230. The van der Waals surface area contributed by atoms with E-state index in [9.17, 15) is 5.26 Å². The molecule has 0 saturated heterocycles. The van der Waals surface area contributed by atoms with E-state index < -0.39 is 0 Å². The molecule has 0 aliphatic carbocycles. The number of hydrogen-bond donors (Lipinski definition) is 1. The minimum absolute atomic E-state index is 0.0343. The molecule has 132 valence electrons. The molecule has 1 aromatic heterocycles. The average Bonchev–Trinajstić information content (AvgIpc) is 3.05. The number of rotatable bonds is 5. The van der Waals surface area contributed by atoms with Gasteiger partial charge < -0.3 is 14.5 Å². The van der Waals surface area contributed by atoms with Gasteiger partial charge in [0.05, 0.1) is 34.8 Å². The first-order valence-corrected chi connectivity index (χ1v) is 8.50. The molecular formula is C20H18ClN3O2. The normalized spacial score (nSPS) is 11.6. The summed E-state index contributed by atoms with van der Waals surface area (Å²) in [6, 6.07) is 13.3. The number of halogens is 1. The van der Waals surface area contributed by atoms with Crippen molar-refractivity contribution in [3.8, 4) is 17.6 Å². The van der Waals surface area contributed by atoms with Crippen LogP contribution in [-0.4, -0.2) is 23.2 Å². The number of aromatic nitrogens is 2. The summed E-state index contributed by atoms with van der Waals surface area (Å²) in [5, 5.41) is 9.99. The predicted octanol–water partition coefficient (Wildman–Crippen LogP) is 5.08. The van der Waals surface area contributed by atoms with Gasteiger partial charge in [-0.3, -0.25) is 0 Å². The van der Waals surface area contributed by atoms with Crippen LogP contribution in [0.2, 0.25) is 5.02 Å². The van der Waals surface area contributed by atoms with Crippen molar-refractivity contribution < 1.29 is 9.47 Å². The quantitative estimate of drug-likeness (QED) is 0.638. The lowest BCUT2D eigenvalue weighted by Crippen LogP contribution is -2.07. The topological polar surface area (TPSA) is 70.9 Å². The van der Waals surface area contributed by atoms with Crippen molar-refractivity contribution in [1.82, 2.24) is 9.97 Å². The third kappa shape index (κ3) is 3.66. The van der Waals surface area contributed by atoms with Crippen molar-refractivity contribution in [1.29, 1.82) is 5.26 Å². The van der Waals surface area contributed by atoms with Gasteiger partial charge in [-0.05, 0) is 49.8 Å². The zero-order valence-electron chi connectivity index (χ0n) is 14.7. The van der Waals surface area contributed by atoms with Crippen molar-refractivity contribution in [2.75, 3.05) is 7.11 Å². The first-order valence-electron chi connectivity index (χ1n) is 8.13. The van der Waals surface area contributed by atoms with Gasteiger partial charge in [-0.2, -0.15) is 5.26 Å². The highest BCUT2D eigenvalue weighted by Gasteiger charge is 2.14. The zero-order valence-corrected chi connectivity index (χ0v) is 15.5. The molecule has 0 aliphatic rings. The van der Waals surface area contributed by atoms with Crippen LogP contribution < -0.4 is 9.47 Å². The number of nitrogens with zero attached hydrogens (tertiary/aromatic N) is 2. The molecule has 0 amide bonds. The van der Waals surface area contributed by atoms with Gasteiger partial charge in [-0.1, -0.05) is 23.7 Å². The van der Waals surface area contributed by atoms with Crippen molar-refractivity contribution >= 4 is 34.3 Å². The maximum absolute atomic E-state index is 9.57. The minimum Gasteiger partial charge on any atom is -0.493 e. The Kier molecular flexibility index (Phi) is 5.15. The van der Waals surface area contributed by atoms with E-state index in [0.29, 0.717) is 27.9 Å². The molecule has 0 spiro atoms. The minimum atomic E-state index is -0.0343. The van der Waals surface area contributed by atoms with E-state index in [1.165, 1.54) is 0 Å². The first-order chi connectivity index (χ1) is 12.5. The highest BCUT2D eigenvalue weighted by atomic mass is 35.5. The van der Waals surface area contributed by atoms with E-state index in [1.807, 2.05) is 38.1 Å². The fraction of sp³-hybridized carbons (Fsp3) is 0.200. The van der Waals surface area contributed by atoms with Gasteiger partial charge in [0.15, 0.2) is 11.5 Å². The van der Waals surface area contributed by atoms with Crippen LogP contribution in [0.1, 0.15) is 25.2 Å². The van der Waals surface area contributed by atoms with Crippen LogP contribution in [0.3, 0.4) is 0 Å². The van der Waals surface area contributed by atoms with Crippen molar-refractivity contribution in [3.05, 3.63) is 52.8 Å². The summed E-state index contributed by atoms with van der Waals surface area (Å²) in [5.74, 6) is 1.51. The van der Waals surface area contributed by atoms with E-state index in [2.05, 4.69) is 16.0 Å². The Labute approximate surface area is 156 Å². The fourth-order valence-corrected chi connectivity index (χ4v) is 2.84. The SMILES string of the molecule is COc1cc(C=C(C#N)c2nc3ccccc3[nH]2)cc(Cl)c1OC(C)C. The molecule has 0 radical (unpaired) electrons. The Morgan fingerprint density at radius 2 is 2.08 bits per heavy atom. The summed E-state index contributed by atoms with van der Waals surface area (Å²) in [6.07, 6.45) is 1.68. The van der Waals surface area contributed by atoms with Gasteiger partial charge in [-0.25, -0.2) is 4.98 Å². The standard InChI is InChI=1S/C20H18ClN3O2/c1-12(2)26-19-15(21)9-13(10-18(19)25-3)8-14(11-22)20-23-16-6-4-5-7-17(16)24-20/h4-10,12H,1-3H3,(H,23,24). The smallest absolute Gasteiger partial charge is 0.180 e. The van der Waals surface area contributed by atoms with Crippen LogP contribution in [0.5, 0.6) is 11.5 Å². The summed E-state index contributed by atoms with van der Waals surface area (Å²) < 4.78 is 11.1. The van der Waals surface area contributed by atoms with E-state index in [1.54, 1.807) is 25.3 Å². The number of H-pyrrole nitrogens is 1. The first kappa shape index (κ1) is 17.8. The number of aromatic amines is 1. The Balaban J connectivity index is 2.04. The third-order valence-electron chi connectivity index (χ3n) is 3.68. The maximum atomic E-state index is 9.57. The van der Waals surface area contributed by atoms with Crippen LogP contribution in [-0.2, 0) is 0 Å². The largest absolute Gasteiger partial charge is 0.493 e. The van der Waals surface area contributed by atoms with Gasteiger partial charge in [-0.15, -0.1) is 0 Å². The number of methoxy groups -OCH3 is 1. The van der Waals surface area contributed by atoms with Gasteiger partial charge in [0.2, 0.25) is 0 Å². The number of imidazole rings is 1. The molecule has 3 aromatic rings. The number of para-hydroxylation sites is 2. The van der Waals surface area contributed by atoms with Crippen molar-refractivity contribution in [2.24, 2.45) is 0 Å². The number of nitriles is 1. The van der Waals surface area contributed by atoms with Gasteiger partial charge in [0.25, 0.3) is 0 Å². The number of benzene rings is 2. The average molecular weight is 368 g/mol. The summed E-state index contributed by atoms with van der Waals surface area (Å²) in [6.45, 7) is 3.83. The van der Waals surface area contributed by atoms with E-state index >= 15 is 0 Å². The molecule has 1 heterocycles. The lowest BCUT2D eigenvalue weighted by Gasteiger charge is -2.15. The summed E-state index contributed by atoms with van der Waals surface area (Å²) in [7, 11) is 1.55. The van der Waals surface area contributed by atoms with Crippen LogP contribution in [0.4, 0.5) is 0 Å². The van der Waals surface area contributed by atoms with Crippen LogP contribution in [0.25, 0.3) is 22.7 Å². The predicted molar refractivity (Wildman–Crippen MR) is 103 cm³/mol. The Hall–Kier alpha value is -2.97. The Morgan fingerprint density at radius 3 is 2.73 bits per heavy atom. The highest BCUT2D eigenvalue weighted by molar-refractivity contribution is 6.32. The van der Waals surface area contributed by atoms with Crippen LogP contribution in [0, 0.1) is 11.3 Å². The van der Waals surface area contributed by atoms with E-state index in [0.717, 1.165) is 16.6 Å². The molecule has 3 rings (SSSR count). The van der Waals surface area contributed by atoms with E-state index in [-0.39, 0.29) is 6.10 Å². The van der Waals surface area contributed by atoms with Crippen molar-refractivity contribution in [3.63, 3.8) is 0 Å². The van der Waals surface area contributed by atoms with Crippen LogP contribution >= 0.6 is 11.6 Å². The molecule has 2 aromatic carbocycles. The molecule has 5 nitrogen and oxygen atoms in total. The number of allylic oxidation sites excluding steroid dienone is 1. The number of hydrogen-bond acceptors (Lipinski definition) is 4. The second-order valence-electron chi connectivity index (χ2n) is 5.97. The molecule has 0 aliphatic heterocycles. The molecule has 0 bridgehead atoms. The second kappa shape index (κ2) is 7.51. The van der Waals surface area contributed by atoms with Crippen LogP contribution in [0.15, 0.2) is 36.4 Å². The molecule has 0 unspecified atom stereocenters. The number of nitrogens with one attached hydrogen (secondary N) is 1. The monoisotopic (exact) mass is 367 g/mol. The molecular weight excluding hydrogens is 350 g/mol. The molecule has 0 fully saturated rings. The molecule has 0 atom stereocenters. The zero-order chi connectivity index (χ0) is 18.7. The molecule has 0 saturated carbocycles. The summed E-state index contributed by atoms with van der Waals surface area (Å²) >= 11 is 6.35. The van der Waals surface area contributed by atoms with Crippen molar-refractivity contribution in [2.45, 2.75) is 20.0 Å². The van der Waals surface area contributed by atoms with Gasteiger partial charge >= 0.3 is 0 Å². The lowest BCUT2D eigenvalue weighted by atomic mass is 10.1. The third-order valence-corrected chi connectivity index (χ3v) is 3.96. The number of fused-ring (bicyclic) bond motifs is 1.